The van der Waals surface area contributed by atoms with Gasteiger partial charge in [0.15, 0.2) is 0 Å². The number of amides is 2. The van der Waals surface area contributed by atoms with E-state index in [-0.39, 0.29) is 12.6 Å². The fraction of sp³-hybridized carbons (Fsp3) is 0.909. The molecule has 0 bridgehead atoms. The summed E-state index contributed by atoms with van der Waals surface area (Å²) >= 11 is 0. The number of aliphatic hydroxyl groups is 1. The SMILES string of the molecule is CCCCCNC(=O)NC(C)(CC)CO. The Labute approximate surface area is 92.4 Å². The molecule has 0 aromatic rings. The predicted octanol–water partition coefficient (Wildman–Crippen LogP) is 1.64. The van der Waals surface area contributed by atoms with Crippen LogP contribution < -0.4 is 10.6 Å². The second-order valence-electron chi connectivity index (χ2n) is 4.16. The molecule has 1 unspecified atom stereocenters. The maximum atomic E-state index is 11.4. The highest BCUT2D eigenvalue weighted by Crippen LogP contribution is 2.06. The molecule has 0 aliphatic carbocycles. The first kappa shape index (κ1) is 14.2. The van der Waals surface area contributed by atoms with E-state index in [4.69, 9.17) is 5.11 Å². The van der Waals surface area contributed by atoms with E-state index in [9.17, 15) is 4.79 Å². The van der Waals surface area contributed by atoms with Crippen molar-refractivity contribution in [2.45, 2.75) is 52.0 Å². The molecule has 0 spiro atoms. The van der Waals surface area contributed by atoms with Crippen molar-refractivity contribution in [1.82, 2.24) is 10.6 Å². The average molecular weight is 216 g/mol. The van der Waals surface area contributed by atoms with Crippen LogP contribution >= 0.6 is 0 Å². The number of urea groups is 1. The van der Waals surface area contributed by atoms with E-state index in [1.807, 2.05) is 13.8 Å². The third kappa shape index (κ3) is 6.33. The van der Waals surface area contributed by atoms with Crippen LogP contribution in [0.15, 0.2) is 0 Å². The van der Waals surface area contributed by atoms with Crippen LogP contribution in [0.3, 0.4) is 0 Å². The molecule has 0 aromatic heterocycles. The van der Waals surface area contributed by atoms with Gasteiger partial charge in [0.1, 0.15) is 0 Å². The van der Waals surface area contributed by atoms with Crippen molar-refractivity contribution >= 4 is 6.03 Å². The summed E-state index contributed by atoms with van der Waals surface area (Å²) in [5.41, 5.74) is -0.505. The van der Waals surface area contributed by atoms with Gasteiger partial charge in [0.05, 0.1) is 12.1 Å². The minimum absolute atomic E-state index is 0.0358. The van der Waals surface area contributed by atoms with Gasteiger partial charge >= 0.3 is 6.03 Å². The molecule has 4 nitrogen and oxygen atoms in total. The van der Waals surface area contributed by atoms with Crippen LogP contribution in [-0.4, -0.2) is 29.8 Å². The highest BCUT2D eigenvalue weighted by molar-refractivity contribution is 5.74. The number of carbonyl (C=O) groups is 1. The molecule has 0 saturated heterocycles. The molecule has 2 amide bonds. The number of rotatable bonds is 7. The molecule has 4 heteroatoms. The normalized spacial score (nSPS) is 14.4. The summed E-state index contributed by atoms with van der Waals surface area (Å²) in [4.78, 5) is 11.4. The predicted molar refractivity (Wildman–Crippen MR) is 61.8 cm³/mol. The van der Waals surface area contributed by atoms with Crippen molar-refractivity contribution in [2.75, 3.05) is 13.2 Å². The van der Waals surface area contributed by atoms with Crippen LogP contribution in [-0.2, 0) is 0 Å². The van der Waals surface area contributed by atoms with Crippen LogP contribution in [0.2, 0.25) is 0 Å². The molecule has 90 valence electrons. The number of nitrogens with one attached hydrogen (secondary N) is 2. The Bertz CT molecular complexity index is 179. The molecule has 0 fully saturated rings. The third-order valence-electron chi connectivity index (χ3n) is 2.61. The van der Waals surface area contributed by atoms with Gasteiger partial charge in [-0.3, -0.25) is 0 Å². The van der Waals surface area contributed by atoms with Gasteiger partial charge in [0, 0.05) is 6.54 Å². The van der Waals surface area contributed by atoms with Crippen molar-refractivity contribution < 1.29 is 9.90 Å². The summed E-state index contributed by atoms with van der Waals surface area (Å²) in [5, 5.41) is 14.7. The lowest BCUT2D eigenvalue weighted by molar-refractivity contribution is 0.167. The lowest BCUT2D eigenvalue weighted by Crippen LogP contribution is -2.52. The second-order valence-corrected chi connectivity index (χ2v) is 4.16. The molecule has 1 atom stereocenters. The Kier molecular flexibility index (Phi) is 7.13. The fourth-order valence-corrected chi connectivity index (χ4v) is 1.13. The molecule has 0 aliphatic heterocycles. The number of hydrogen-bond donors (Lipinski definition) is 3. The van der Waals surface area contributed by atoms with E-state index in [0.29, 0.717) is 13.0 Å². The zero-order chi connectivity index (χ0) is 11.7. The summed E-state index contributed by atoms with van der Waals surface area (Å²) in [5.74, 6) is 0. The highest BCUT2D eigenvalue weighted by Gasteiger charge is 2.22. The molecular formula is C11H24N2O2. The van der Waals surface area contributed by atoms with E-state index >= 15 is 0 Å². The van der Waals surface area contributed by atoms with Gasteiger partial charge in [0.2, 0.25) is 0 Å². The molecule has 0 rings (SSSR count). The van der Waals surface area contributed by atoms with Gasteiger partial charge in [-0.1, -0.05) is 26.7 Å². The lowest BCUT2D eigenvalue weighted by atomic mass is 10.0. The van der Waals surface area contributed by atoms with E-state index in [2.05, 4.69) is 17.6 Å². The first-order valence-electron chi connectivity index (χ1n) is 5.75. The second kappa shape index (κ2) is 7.51. The molecule has 0 aliphatic rings. The Hall–Kier alpha value is -0.770. The summed E-state index contributed by atoms with van der Waals surface area (Å²) in [6.07, 6.45) is 4.00. The van der Waals surface area contributed by atoms with E-state index in [1.165, 1.54) is 0 Å². The standard InChI is InChI=1S/C11H24N2O2/c1-4-6-7-8-12-10(15)13-11(3,5-2)9-14/h14H,4-9H2,1-3H3,(H2,12,13,15). The van der Waals surface area contributed by atoms with Gasteiger partial charge in [-0.2, -0.15) is 0 Å². The number of hydrogen-bond acceptors (Lipinski definition) is 2. The molecule has 0 aromatic carbocycles. The van der Waals surface area contributed by atoms with E-state index in [0.717, 1.165) is 19.3 Å². The summed E-state index contributed by atoms with van der Waals surface area (Å²) in [7, 11) is 0. The first-order chi connectivity index (χ1) is 7.08. The van der Waals surface area contributed by atoms with Crippen LogP contribution in [0.1, 0.15) is 46.5 Å². The van der Waals surface area contributed by atoms with Crippen LogP contribution in [0, 0.1) is 0 Å². The van der Waals surface area contributed by atoms with Crippen molar-refractivity contribution in [1.29, 1.82) is 0 Å². The topological polar surface area (TPSA) is 61.4 Å². The number of unbranched alkanes of at least 4 members (excludes halogenated alkanes) is 2. The largest absolute Gasteiger partial charge is 0.394 e. The Balaban J connectivity index is 3.72. The number of carbonyl (C=O) groups excluding carboxylic acids is 1. The van der Waals surface area contributed by atoms with Crippen LogP contribution in [0.5, 0.6) is 0 Å². The molecular weight excluding hydrogens is 192 g/mol. The third-order valence-corrected chi connectivity index (χ3v) is 2.61. The van der Waals surface area contributed by atoms with E-state index < -0.39 is 5.54 Å². The van der Waals surface area contributed by atoms with Gasteiger partial charge in [-0.05, 0) is 19.8 Å². The average Bonchev–Trinajstić information content (AvgIpc) is 2.24. The summed E-state index contributed by atoms with van der Waals surface area (Å²) < 4.78 is 0. The molecule has 0 radical (unpaired) electrons. The van der Waals surface area contributed by atoms with Crippen molar-refractivity contribution in [3.63, 3.8) is 0 Å². The zero-order valence-electron chi connectivity index (χ0n) is 10.1. The minimum atomic E-state index is -0.505. The quantitative estimate of drug-likeness (QED) is 0.566. The summed E-state index contributed by atoms with van der Waals surface area (Å²) in [6, 6.07) is -0.190. The molecule has 0 saturated carbocycles. The maximum Gasteiger partial charge on any atom is 0.315 e. The van der Waals surface area contributed by atoms with Gasteiger partial charge in [-0.15, -0.1) is 0 Å². The molecule has 3 N–H and O–H groups in total. The first-order valence-corrected chi connectivity index (χ1v) is 5.75. The lowest BCUT2D eigenvalue weighted by Gasteiger charge is -2.27. The Morgan fingerprint density at radius 2 is 2.00 bits per heavy atom. The van der Waals surface area contributed by atoms with Crippen molar-refractivity contribution in [3.8, 4) is 0 Å². The number of aliphatic hydroxyl groups excluding tert-OH is 1. The van der Waals surface area contributed by atoms with Crippen molar-refractivity contribution in [3.05, 3.63) is 0 Å². The van der Waals surface area contributed by atoms with Crippen LogP contribution in [0.25, 0.3) is 0 Å². The van der Waals surface area contributed by atoms with Gasteiger partial charge in [-0.25, -0.2) is 4.79 Å². The molecule has 0 heterocycles. The fourth-order valence-electron chi connectivity index (χ4n) is 1.13. The minimum Gasteiger partial charge on any atom is -0.394 e. The smallest absolute Gasteiger partial charge is 0.315 e. The zero-order valence-corrected chi connectivity index (χ0v) is 10.1. The van der Waals surface area contributed by atoms with Gasteiger partial charge in [0.25, 0.3) is 0 Å². The Morgan fingerprint density at radius 1 is 1.33 bits per heavy atom. The monoisotopic (exact) mass is 216 g/mol. The summed E-state index contributed by atoms with van der Waals surface area (Å²) in [6.45, 7) is 6.56. The Morgan fingerprint density at radius 3 is 2.47 bits per heavy atom. The van der Waals surface area contributed by atoms with Crippen molar-refractivity contribution in [2.24, 2.45) is 0 Å². The highest BCUT2D eigenvalue weighted by atomic mass is 16.3. The molecule has 15 heavy (non-hydrogen) atoms. The van der Waals surface area contributed by atoms with Crippen LogP contribution in [0.4, 0.5) is 4.79 Å². The van der Waals surface area contributed by atoms with Gasteiger partial charge < -0.3 is 15.7 Å². The maximum absolute atomic E-state index is 11.4. The van der Waals surface area contributed by atoms with E-state index in [1.54, 1.807) is 0 Å².